The number of rotatable bonds is 8. The zero-order valence-electron chi connectivity index (χ0n) is 26.9. The minimum Gasteiger partial charge on any atom is -0.379 e. The number of likely N-dealkylation sites (tertiary alicyclic amines) is 1. The van der Waals surface area contributed by atoms with Crippen LogP contribution in [0.3, 0.4) is 0 Å². The van der Waals surface area contributed by atoms with Crippen molar-refractivity contribution in [2.75, 3.05) is 57.5 Å². The molecule has 2 N–H and O–H groups in total. The number of anilines is 1. The zero-order valence-corrected chi connectivity index (χ0v) is 26.9. The number of morpholine rings is 1. The standard InChI is InChI=1S/C36H40N8O4/c45-32(39-31-19-30(31)26-6-4-5-25(17-26)22-41-13-15-48-16-14-41)23-43-24-44(29-7-2-1-3-8-29)36(35(43)47)9-11-42(12-10-36)34(46)28-18-27-21-38-40-33(27)37-20-28/h1-8,17-18,20-21,30-31H,9-16,19,22-24H2,(H,39,45)(H,37,38,40)/t30-,31?/m1/s1. The highest BCUT2D eigenvalue weighted by atomic mass is 16.5. The molecule has 48 heavy (non-hydrogen) atoms. The Bertz CT molecular complexity index is 1810. The van der Waals surface area contributed by atoms with Crippen molar-refractivity contribution in [1.82, 2.24) is 35.2 Å². The number of aromatic amines is 1. The molecule has 1 aliphatic carbocycles. The first-order valence-electron chi connectivity index (χ1n) is 16.9. The van der Waals surface area contributed by atoms with Gasteiger partial charge in [-0.15, -0.1) is 0 Å². The average Bonchev–Trinajstić information content (AvgIpc) is 3.63. The largest absolute Gasteiger partial charge is 0.379 e. The number of amides is 3. The maximum absolute atomic E-state index is 14.2. The van der Waals surface area contributed by atoms with E-state index in [2.05, 4.69) is 54.6 Å². The Morgan fingerprint density at radius 3 is 2.60 bits per heavy atom. The third-order valence-electron chi connectivity index (χ3n) is 10.4. The van der Waals surface area contributed by atoms with Crippen LogP contribution >= 0.6 is 0 Å². The molecular formula is C36H40N8O4. The Kier molecular flexibility index (Phi) is 8.05. The first kappa shape index (κ1) is 30.5. The van der Waals surface area contributed by atoms with E-state index in [0.29, 0.717) is 43.8 Å². The van der Waals surface area contributed by atoms with Gasteiger partial charge in [0.25, 0.3) is 11.8 Å². The fourth-order valence-electron chi connectivity index (χ4n) is 7.63. The number of hydrogen-bond acceptors (Lipinski definition) is 8. The Morgan fingerprint density at radius 1 is 0.979 bits per heavy atom. The van der Waals surface area contributed by atoms with Gasteiger partial charge in [-0.25, -0.2) is 4.98 Å². The molecule has 12 nitrogen and oxygen atoms in total. The highest BCUT2D eigenvalue weighted by Crippen LogP contribution is 2.42. The predicted octanol–water partition coefficient (Wildman–Crippen LogP) is 2.74. The monoisotopic (exact) mass is 648 g/mol. The van der Waals surface area contributed by atoms with E-state index in [1.165, 1.54) is 11.1 Å². The smallest absolute Gasteiger partial charge is 0.255 e. The van der Waals surface area contributed by atoms with Crippen molar-refractivity contribution in [2.24, 2.45) is 0 Å². The van der Waals surface area contributed by atoms with Crippen molar-refractivity contribution in [2.45, 2.75) is 43.3 Å². The minimum atomic E-state index is -0.825. The van der Waals surface area contributed by atoms with Crippen molar-refractivity contribution in [3.63, 3.8) is 0 Å². The molecule has 1 saturated carbocycles. The fourth-order valence-corrected chi connectivity index (χ4v) is 7.63. The van der Waals surface area contributed by atoms with Crippen molar-refractivity contribution in [1.29, 1.82) is 0 Å². The SMILES string of the molecule is O=C(CN1CN(c2ccccc2)C2(CCN(C(=O)c3cnc4[nH]ncc4c3)CC2)C1=O)NC1C[C@@H]1c1cccc(CN2CCOCC2)c1. The van der Waals surface area contributed by atoms with Gasteiger partial charge < -0.3 is 24.8 Å². The summed E-state index contributed by atoms with van der Waals surface area (Å²) in [5.41, 5.74) is 3.77. The quantitative estimate of drug-likeness (QED) is 0.299. The number of benzene rings is 2. The second kappa shape index (κ2) is 12.7. The van der Waals surface area contributed by atoms with E-state index in [9.17, 15) is 14.4 Å². The molecule has 5 heterocycles. The summed E-state index contributed by atoms with van der Waals surface area (Å²) >= 11 is 0. The number of para-hydroxylation sites is 1. The first-order chi connectivity index (χ1) is 23.5. The molecule has 248 valence electrons. The van der Waals surface area contributed by atoms with Gasteiger partial charge in [-0.2, -0.15) is 5.10 Å². The van der Waals surface area contributed by atoms with E-state index in [1.807, 2.05) is 30.3 Å². The Labute approximate surface area is 279 Å². The molecule has 3 amide bonds. The topological polar surface area (TPSA) is 127 Å². The molecule has 3 saturated heterocycles. The molecule has 2 aromatic carbocycles. The van der Waals surface area contributed by atoms with Crippen molar-refractivity contribution in [3.05, 3.63) is 89.7 Å². The average molecular weight is 649 g/mol. The van der Waals surface area contributed by atoms with Gasteiger partial charge in [0.05, 0.1) is 31.6 Å². The van der Waals surface area contributed by atoms with Crippen LogP contribution in [0.4, 0.5) is 5.69 Å². The van der Waals surface area contributed by atoms with E-state index in [0.717, 1.165) is 50.3 Å². The lowest BCUT2D eigenvalue weighted by Gasteiger charge is -2.43. The van der Waals surface area contributed by atoms with Gasteiger partial charge in [0.15, 0.2) is 5.65 Å². The number of aromatic nitrogens is 3. The molecule has 3 aliphatic heterocycles. The highest BCUT2D eigenvalue weighted by Gasteiger charge is 2.54. The molecule has 12 heteroatoms. The van der Waals surface area contributed by atoms with Gasteiger partial charge >= 0.3 is 0 Å². The number of hydrogen-bond donors (Lipinski definition) is 2. The second-order valence-corrected chi connectivity index (χ2v) is 13.4. The van der Waals surface area contributed by atoms with Crippen LogP contribution in [0, 0.1) is 0 Å². The van der Waals surface area contributed by atoms with Gasteiger partial charge in [0.2, 0.25) is 5.91 Å². The molecule has 0 bridgehead atoms. The molecule has 2 aromatic heterocycles. The number of carbonyl (C=O) groups excluding carboxylic acids is 3. The van der Waals surface area contributed by atoms with E-state index < -0.39 is 5.54 Å². The molecular weight excluding hydrogens is 608 g/mol. The predicted molar refractivity (Wildman–Crippen MR) is 179 cm³/mol. The first-order valence-corrected chi connectivity index (χ1v) is 16.9. The molecule has 8 rings (SSSR count). The van der Waals surface area contributed by atoms with Crippen LogP contribution in [0.5, 0.6) is 0 Å². The van der Waals surface area contributed by atoms with E-state index in [1.54, 1.807) is 28.3 Å². The highest BCUT2D eigenvalue weighted by molar-refractivity contribution is 5.99. The Hall–Kier alpha value is -4.81. The second-order valence-electron chi connectivity index (χ2n) is 13.4. The third-order valence-corrected chi connectivity index (χ3v) is 10.4. The molecule has 4 aliphatic rings. The van der Waals surface area contributed by atoms with Crippen molar-refractivity contribution < 1.29 is 19.1 Å². The van der Waals surface area contributed by atoms with Crippen LogP contribution in [0.15, 0.2) is 73.1 Å². The summed E-state index contributed by atoms with van der Waals surface area (Å²) in [6.45, 7) is 5.52. The maximum Gasteiger partial charge on any atom is 0.255 e. The summed E-state index contributed by atoms with van der Waals surface area (Å²) in [7, 11) is 0. The number of carbonyl (C=O) groups is 3. The molecule has 1 spiro atoms. The molecule has 2 atom stereocenters. The Morgan fingerprint density at radius 2 is 1.79 bits per heavy atom. The van der Waals surface area contributed by atoms with Crippen LogP contribution in [-0.2, 0) is 20.9 Å². The molecule has 0 radical (unpaired) electrons. The molecule has 1 unspecified atom stereocenters. The van der Waals surface area contributed by atoms with Gasteiger partial charge in [-0.3, -0.25) is 24.4 Å². The van der Waals surface area contributed by atoms with Crippen LogP contribution < -0.4 is 10.2 Å². The lowest BCUT2D eigenvalue weighted by Crippen LogP contribution is -2.57. The number of H-pyrrole nitrogens is 1. The number of pyridine rings is 1. The number of fused-ring (bicyclic) bond motifs is 1. The van der Waals surface area contributed by atoms with Gasteiger partial charge in [-0.1, -0.05) is 42.5 Å². The lowest BCUT2D eigenvalue weighted by atomic mass is 9.85. The normalized spacial score (nSPS) is 22.4. The van der Waals surface area contributed by atoms with E-state index in [-0.39, 0.29) is 36.2 Å². The summed E-state index contributed by atoms with van der Waals surface area (Å²) < 4.78 is 5.48. The summed E-state index contributed by atoms with van der Waals surface area (Å²) in [5.74, 6) is -0.0243. The number of nitrogens with one attached hydrogen (secondary N) is 2. The van der Waals surface area contributed by atoms with E-state index >= 15 is 0 Å². The summed E-state index contributed by atoms with van der Waals surface area (Å²) in [5, 5.41) is 10.8. The van der Waals surface area contributed by atoms with Gasteiger partial charge in [0, 0.05) is 62.0 Å². The summed E-state index contributed by atoms with van der Waals surface area (Å²) in [6.07, 6.45) is 5.05. The number of piperidine rings is 1. The third kappa shape index (κ3) is 5.90. The minimum absolute atomic E-state index is 0.00321. The molecule has 4 aromatic rings. The maximum atomic E-state index is 14.2. The lowest BCUT2D eigenvalue weighted by molar-refractivity contribution is -0.137. The van der Waals surface area contributed by atoms with Gasteiger partial charge in [0.1, 0.15) is 12.1 Å². The fraction of sp³-hybridized carbons (Fsp3) is 0.417. The van der Waals surface area contributed by atoms with E-state index in [4.69, 9.17) is 4.74 Å². The van der Waals surface area contributed by atoms with Crippen LogP contribution in [0.2, 0.25) is 0 Å². The number of ether oxygens (including phenoxy) is 1. The zero-order chi connectivity index (χ0) is 32.7. The van der Waals surface area contributed by atoms with Crippen LogP contribution in [-0.4, -0.2) is 112 Å². The van der Waals surface area contributed by atoms with Crippen molar-refractivity contribution >= 4 is 34.4 Å². The summed E-state index contributed by atoms with van der Waals surface area (Å²) in [6, 6.07) is 20.4. The van der Waals surface area contributed by atoms with Crippen molar-refractivity contribution in [3.8, 4) is 0 Å². The number of nitrogens with zero attached hydrogens (tertiary/aromatic N) is 6. The van der Waals surface area contributed by atoms with Crippen LogP contribution in [0.25, 0.3) is 11.0 Å². The molecule has 4 fully saturated rings. The van der Waals surface area contributed by atoms with Crippen LogP contribution in [0.1, 0.15) is 46.7 Å². The summed E-state index contributed by atoms with van der Waals surface area (Å²) in [4.78, 5) is 53.4. The van der Waals surface area contributed by atoms with Gasteiger partial charge in [-0.05, 0) is 48.6 Å². The Balaban J connectivity index is 0.915.